The summed E-state index contributed by atoms with van der Waals surface area (Å²) in [6.45, 7) is 3.63. The van der Waals surface area contributed by atoms with Gasteiger partial charge in [-0.05, 0) is 25.7 Å². The maximum Gasteiger partial charge on any atom is 0.0135 e. The number of hydrogen-bond donors (Lipinski definition) is 0. The first-order valence-electron chi connectivity index (χ1n) is 3.04. The van der Waals surface area contributed by atoms with Crippen molar-refractivity contribution in [1.82, 2.24) is 0 Å². The summed E-state index contributed by atoms with van der Waals surface area (Å²) in [5, 5.41) is 0. The van der Waals surface area contributed by atoms with Gasteiger partial charge in [0, 0.05) is 10.4 Å². The van der Waals surface area contributed by atoms with Crippen LogP contribution in [-0.2, 0) is 0 Å². The van der Waals surface area contributed by atoms with Crippen LogP contribution in [0.4, 0.5) is 0 Å². The van der Waals surface area contributed by atoms with Gasteiger partial charge in [-0.1, -0.05) is 34.7 Å². The third kappa shape index (κ3) is 2.30. The molecule has 0 aliphatic heterocycles. The van der Waals surface area contributed by atoms with Gasteiger partial charge < -0.3 is 0 Å². The molecule has 0 bridgehead atoms. The molecular formula is C9H8Br. The lowest BCUT2D eigenvalue weighted by Crippen LogP contribution is -1.84. The first-order valence-corrected chi connectivity index (χ1v) is 3.83. The summed E-state index contributed by atoms with van der Waals surface area (Å²) in [6.07, 6.45) is 11.9. The third-order valence-corrected chi connectivity index (χ3v) is 1.74. The molecule has 10 heavy (non-hydrogen) atoms. The van der Waals surface area contributed by atoms with Crippen LogP contribution in [0.25, 0.3) is 0 Å². The standard InChI is InChI=1S/C9H8Br/c1-2-9(10)7-8-5-3-4-6-8/h2-7H,1H2/b9-7-. The van der Waals surface area contributed by atoms with E-state index >= 15 is 0 Å². The molecule has 0 amide bonds. The van der Waals surface area contributed by atoms with Crippen LogP contribution < -0.4 is 0 Å². The van der Waals surface area contributed by atoms with Crippen LogP contribution in [0.2, 0.25) is 0 Å². The Morgan fingerprint density at radius 3 is 2.50 bits per heavy atom. The molecule has 0 N–H and O–H groups in total. The van der Waals surface area contributed by atoms with Gasteiger partial charge >= 0.3 is 0 Å². The summed E-state index contributed by atoms with van der Waals surface area (Å²) < 4.78 is 1.01. The van der Waals surface area contributed by atoms with E-state index in [-0.39, 0.29) is 0 Å². The van der Waals surface area contributed by atoms with E-state index in [4.69, 9.17) is 0 Å². The number of rotatable bonds is 2. The molecule has 0 unspecified atom stereocenters. The summed E-state index contributed by atoms with van der Waals surface area (Å²) in [6, 6.07) is 0. The van der Waals surface area contributed by atoms with Gasteiger partial charge in [0.25, 0.3) is 0 Å². The molecule has 0 atom stereocenters. The molecule has 1 aliphatic rings. The Balaban J connectivity index is 2.42. The topological polar surface area (TPSA) is 0 Å². The van der Waals surface area contributed by atoms with Gasteiger partial charge in [-0.3, -0.25) is 0 Å². The van der Waals surface area contributed by atoms with Crippen molar-refractivity contribution in [2.45, 2.75) is 0 Å². The quantitative estimate of drug-likeness (QED) is 0.595. The zero-order valence-corrected chi connectivity index (χ0v) is 7.14. The minimum atomic E-state index is 1.01. The molecule has 1 saturated carbocycles. The SMILES string of the molecule is C=C/C(Br)=C/[C]1[CH][CH][CH][CH]1. The van der Waals surface area contributed by atoms with E-state index in [1.807, 2.05) is 31.8 Å². The predicted molar refractivity (Wildman–Crippen MR) is 47.7 cm³/mol. The van der Waals surface area contributed by atoms with Gasteiger partial charge in [0.1, 0.15) is 0 Å². The van der Waals surface area contributed by atoms with Crippen LogP contribution in [-0.4, -0.2) is 0 Å². The molecule has 5 radical (unpaired) electrons. The van der Waals surface area contributed by atoms with Crippen molar-refractivity contribution in [3.05, 3.63) is 54.8 Å². The molecule has 0 saturated heterocycles. The predicted octanol–water partition coefficient (Wildman–Crippen LogP) is 2.86. The van der Waals surface area contributed by atoms with E-state index in [9.17, 15) is 0 Å². The summed E-state index contributed by atoms with van der Waals surface area (Å²) in [4.78, 5) is 0. The molecule has 0 nitrogen and oxygen atoms in total. The van der Waals surface area contributed by atoms with Crippen molar-refractivity contribution < 1.29 is 0 Å². The van der Waals surface area contributed by atoms with Crippen molar-refractivity contribution in [1.29, 1.82) is 0 Å². The molecule has 0 aromatic heterocycles. The van der Waals surface area contributed by atoms with Crippen molar-refractivity contribution in [2.75, 3.05) is 0 Å². The Bertz CT molecular complexity index is 141. The van der Waals surface area contributed by atoms with E-state index in [0.717, 1.165) is 4.48 Å². The molecule has 1 aliphatic carbocycles. The van der Waals surface area contributed by atoms with Gasteiger partial charge in [-0.2, -0.15) is 0 Å². The minimum Gasteiger partial charge on any atom is -0.0980 e. The minimum absolute atomic E-state index is 1.01. The van der Waals surface area contributed by atoms with Crippen LogP contribution in [0.3, 0.4) is 0 Å². The highest BCUT2D eigenvalue weighted by molar-refractivity contribution is 9.11. The highest BCUT2D eigenvalue weighted by Gasteiger charge is 2.13. The Hall–Kier alpha value is -0.0400. The molecule has 0 heterocycles. The van der Waals surface area contributed by atoms with Gasteiger partial charge in [-0.15, -0.1) is 0 Å². The normalized spacial score (nSPS) is 21.5. The number of allylic oxidation sites excluding steroid dienone is 3. The zero-order valence-electron chi connectivity index (χ0n) is 5.55. The van der Waals surface area contributed by atoms with E-state index in [1.54, 1.807) is 6.08 Å². The third-order valence-electron chi connectivity index (χ3n) is 1.19. The molecular weight excluding hydrogens is 188 g/mol. The largest absolute Gasteiger partial charge is 0.0980 e. The summed E-state index contributed by atoms with van der Waals surface area (Å²) in [5.41, 5.74) is 0. The molecule has 1 heteroatoms. The molecule has 51 valence electrons. The van der Waals surface area contributed by atoms with Crippen LogP contribution in [0.1, 0.15) is 0 Å². The molecule has 1 fully saturated rings. The summed E-state index contributed by atoms with van der Waals surface area (Å²) in [5.74, 6) is 1.20. The van der Waals surface area contributed by atoms with Crippen molar-refractivity contribution in [2.24, 2.45) is 0 Å². The fourth-order valence-electron chi connectivity index (χ4n) is 0.703. The van der Waals surface area contributed by atoms with E-state index in [1.165, 1.54) is 5.92 Å². The molecule has 0 aromatic carbocycles. The second kappa shape index (κ2) is 3.97. The van der Waals surface area contributed by atoms with Crippen LogP contribution in [0.5, 0.6) is 0 Å². The average Bonchev–Trinajstić information content (AvgIpc) is 2.40. The first-order chi connectivity index (χ1) is 4.83. The monoisotopic (exact) mass is 195 g/mol. The summed E-state index contributed by atoms with van der Waals surface area (Å²) >= 11 is 3.34. The Morgan fingerprint density at radius 2 is 2.00 bits per heavy atom. The first kappa shape index (κ1) is 8.06. The second-order valence-corrected chi connectivity index (χ2v) is 2.87. The van der Waals surface area contributed by atoms with Gasteiger partial charge in [0.15, 0.2) is 0 Å². The molecule has 1 rings (SSSR count). The lowest BCUT2D eigenvalue weighted by atomic mass is 10.1. The number of halogens is 1. The lowest BCUT2D eigenvalue weighted by Gasteiger charge is -1.98. The highest BCUT2D eigenvalue weighted by Crippen LogP contribution is 2.26. The summed E-state index contributed by atoms with van der Waals surface area (Å²) in [7, 11) is 0. The van der Waals surface area contributed by atoms with Crippen molar-refractivity contribution >= 4 is 15.9 Å². The maximum atomic E-state index is 3.63. The molecule has 0 aromatic rings. The Labute approximate surface area is 71.1 Å². The average molecular weight is 196 g/mol. The van der Waals surface area contributed by atoms with E-state index < -0.39 is 0 Å². The van der Waals surface area contributed by atoms with Gasteiger partial charge in [0.2, 0.25) is 0 Å². The fraction of sp³-hybridized carbons (Fsp3) is 0. The van der Waals surface area contributed by atoms with Crippen LogP contribution in [0.15, 0.2) is 23.2 Å². The van der Waals surface area contributed by atoms with Crippen molar-refractivity contribution in [3.63, 3.8) is 0 Å². The Kier molecular flexibility index (Phi) is 3.20. The van der Waals surface area contributed by atoms with E-state index in [2.05, 4.69) is 22.5 Å². The molecule has 0 spiro atoms. The van der Waals surface area contributed by atoms with E-state index in [0.29, 0.717) is 0 Å². The zero-order chi connectivity index (χ0) is 7.40. The van der Waals surface area contributed by atoms with Gasteiger partial charge in [0.05, 0.1) is 0 Å². The van der Waals surface area contributed by atoms with Crippen molar-refractivity contribution in [3.8, 4) is 0 Å². The fourth-order valence-corrected chi connectivity index (χ4v) is 0.968. The van der Waals surface area contributed by atoms with Crippen LogP contribution >= 0.6 is 15.9 Å². The lowest BCUT2D eigenvalue weighted by molar-refractivity contribution is 1.37. The second-order valence-electron chi connectivity index (χ2n) is 1.95. The Morgan fingerprint density at radius 1 is 1.40 bits per heavy atom. The smallest absolute Gasteiger partial charge is 0.0135 e. The number of hydrogen-bond acceptors (Lipinski definition) is 0. The highest BCUT2D eigenvalue weighted by atomic mass is 79.9. The van der Waals surface area contributed by atoms with Crippen LogP contribution in [0, 0.1) is 31.6 Å². The van der Waals surface area contributed by atoms with Gasteiger partial charge in [-0.25, -0.2) is 0 Å². The maximum absolute atomic E-state index is 3.63.